The number of hydrogen-bond donors (Lipinski definition) is 1. The Balaban J connectivity index is 0.000000605. The van der Waals surface area contributed by atoms with E-state index in [2.05, 4.69) is 0 Å². The van der Waals surface area contributed by atoms with Crippen molar-refractivity contribution < 1.29 is 5.02 Å². The van der Waals surface area contributed by atoms with Gasteiger partial charge in [-0.1, -0.05) is 38.5 Å². The molecule has 11 heavy (non-hydrogen) atoms. The predicted molar refractivity (Wildman–Crippen MR) is 48.9 cm³/mol. The molecular weight excluding hydrogens is 130 g/mol. The monoisotopic (exact) mass is 145 g/mol. The van der Waals surface area contributed by atoms with Gasteiger partial charge in [-0.25, -0.2) is 0 Å². The van der Waals surface area contributed by atoms with Gasteiger partial charge in [0.1, 0.15) is 0 Å². The van der Waals surface area contributed by atoms with Crippen molar-refractivity contribution in [2.75, 3.05) is 0 Å². The van der Waals surface area contributed by atoms with Crippen LogP contribution in [0.1, 0.15) is 38.5 Å². The standard InChI is InChI=1S/C8H15BO.Li/c10-9-7-3-1-4-8(9)6-2-5-7;/h7-8,10H,1-6H2;. The minimum atomic E-state index is 0. The van der Waals surface area contributed by atoms with Crippen molar-refractivity contribution in [3.63, 3.8) is 0 Å². The molecule has 0 spiro atoms. The van der Waals surface area contributed by atoms with Gasteiger partial charge in [-0.3, -0.25) is 0 Å². The van der Waals surface area contributed by atoms with Crippen LogP contribution in [0.15, 0.2) is 0 Å². The van der Waals surface area contributed by atoms with Crippen molar-refractivity contribution in [1.82, 2.24) is 0 Å². The summed E-state index contributed by atoms with van der Waals surface area (Å²) in [7, 11) is 0. The van der Waals surface area contributed by atoms with E-state index < -0.39 is 0 Å². The number of rotatable bonds is 0. The van der Waals surface area contributed by atoms with Crippen LogP contribution in [0.5, 0.6) is 0 Å². The maximum absolute atomic E-state index is 9.69. The molecule has 0 aromatic heterocycles. The first-order valence-corrected chi connectivity index (χ1v) is 4.56. The largest absolute Gasteiger partial charge is 0.450 e. The van der Waals surface area contributed by atoms with Crippen molar-refractivity contribution in [3.05, 3.63) is 0 Å². The van der Waals surface area contributed by atoms with Gasteiger partial charge < -0.3 is 5.02 Å². The molecule has 0 aromatic rings. The van der Waals surface area contributed by atoms with E-state index in [-0.39, 0.29) is 25.8 Å². The van der Waals surface area contributed by atoms with Gasteiger partial charge in [0, 0.05) is 18.9 Å². The van der Waals surface area contributed by atoms with Gasteiger partial charge in [-0.05, 0) is 11.6 Å². The molecule has 2 aliphatic rings. The van der Waals surface area contributed by atoms with Gasteiger partial charge in [0.25, 0.3) is 6.92 Å². The molecule has 3 heteroatoms. The molecule has 2 rings (SSSR count). The maximum atomic E-state index is 9.69. The Hall–Kier alpha value is 0.622. The Bertz CT molecular complexity index is 109. The van der Waals surface area contributed by atoms with Crippen LogP contribution in [0.25, 0.3) is 0 Å². The second kappa shape index (κ2) is 4.03. The molecule has 0 aliphatic carbocycles. The van der Waals surface area contributed by atoms with Crippen LogP contribution in [-0.4, -0.2) is 30.8 Å². The van der Waals surface area contributed by atoms with Crippen molar-refractivity contribution in [3.8, 4) is 0 Å². The minimum Gasteiger partial charge on any atom is -0.450 e. The van der Waals surface area contributed by atoms with Crippen LogP contribution in [0.3, 0.4) is 0 Å². The van der Waals surface area contributed by atoms with Gasteiger partial charge in [0.05, 0.1) is 0 Å². The molecule has 1 N–H and O–H groups in total. The third-order valence-electron chi connectivity index (χ3n) is 3.27. The summed E-state index contributed by atoms with van der Waals surface area (Å²) >= 11 is 0. The molecule has 0 amide bonds. The van der Waals surface area contributed by atoms with E-state index >= 15 is 0 Å². The quantitative estimate of drug-likeness (QED) is 0.514. The minimum absolute atomic E-state index is 0. The molecule has 2 heterocycles. The van der Waals surface area contributed by atoms with E-state index in [0.717, 1.165) is 0 Å². The van der Waals surface area contributed by atoms with Crippen molar-refractivity contribution in [2.45, 2.75) is 50.2 Å². The summed E-state index contributed by atoms with van der Waals surface area (Å²) in [5, 5.41) is 9.69. The van der Waals surface area contributed by atoms with Crippen molar-refractivity contribution in [2.24, 2.45) is 0 Å². The van der Waals surface area contributed by atoms with Crippen LogP contribution < -0.4 is 0 Å². The van der Waals surface area contributed by atoms with Crippen molar-refractivity contribution in [1.29, 1.82) is 0 Å². The van der Waals surface area contributed by atoms with E-state index in [1.165, 1.54) is 38.5 Å². The first-order valence-electron chi connectivity index (χ1n) is 4.56. The molecule has 0 saturated carbocycles. The first kappa shape index (κ1) is 9.71. The van der Waals surface area contributed by atoms with Gasteiger partial charge in [0.15, 0.2) is 0 Å². The second-order valence-electron chi connectivity index (χ2n) is 3.87. The molecular formula is C8H15BLiO. The molecule has 1 nitrogen and oxygen atoms in total. The molecule has 0 atom stereocenters. The number of hydrogen-bond acceptors (Lipinski definition) is 1. The number of fused-ring (bicyclic) bond motifs is 2. The molecule has 0 aromatic carbocycles. The predicted octanol–water partition coefficient (Wildman–Crippen LogP) is 1.70. The Labute approximate surface area is 81.2 Å². The van der Waals surface area contributed by atoms with Crippen LogP contribution in [0, 0.1) is 0 Å². The van der Waals surface area contributed by atoms with E-state index in [4.69, 9.17) is 0 Å². The summed E-state index contributed by atoms with van der Waals surface area (Å²) in [6.07, 6.45) is 7.89. The van der Waals surface area contributed by atoms with Crippen LogP contribution in [0.2, 0.25) is 11.6 Å². The molecule has 2 saturated heterocycles. The molecule has 0 unspecified atom stereocenters. The summed E-state index contributed by atoms with van der Waals surface area (Å²) in [6, 6.07) is 0. The second-order valence-corrected chi connectivity index (χ2v) is 3.87. The van der Waals surface area contributed by atoms with E-state index in [1.807, 2.05) is 0 Å². The summed E-state index contributed by atoms with van der Waals surface area (Å²) in [5.41, 5.74) is 0. The van der Waals surface area contributed by atoms with Crippen LogP contribution >= 0.6 is 0 Å². The van der Waals surface area contributed by atoms with Gasteiger partial charge in [-0.15, -0.1) is 0 Å². The Morgan fingerprint density at radius 1 is 0.909 bits per heavy atom. The first-order chi connectivity index (χ1) is 4.88. The molecule has 57 valence electrons. The van der Waals surface area contributed by atoms with E-state index in [1.54, 1.807) is 0 Å². The maximum Gasteiger partial charge on any atom is 0.295 e. The molecule has 2 aliphatic heterocycles. The fourth-order valence-electron chi connectivity index (χ4n) is 2.64. The van der Waals surface area contributed by atoms with Gasteiger partial charge in [-0.2, -0.15) is 0 Å². The van der Waals surface area contributed by atoms with Gasteiger partial charge >= 0.3 is 0 Å². The molecule has 2 fully saturated rings. The SMILES string of the molecule is OB1C2CCCC1CCC2.[Li]. The van der Waals surface area contributed by atoms with E-state index in [0.29, 0.717) is 11.6 Å². The summed E-state index contributed by atoms with van der Waals surface area (Å²) in [6.45, 7) is 0.0718. The zero-order valence-electron chi connectivity index (χ0n) is 7.42. The van der Waals surface area contributed by atoms with Crippen LogP contribution in [0.4, 0.5) is 0 Å². The summed E-state index contributed by atoms with van der Waals surface area (Å²) in [4.78, 5) is 0. The van der Waals surface area contributed by atoms with Gasteiger partial charge in [0.2, 0.25) is 0 Å². The third-order valence-corrected chi connectivity index (χ3v) is 3.27. The Morgan fingerprint density at radius 2 is 1.27 bits per heavy atom. The average molecular weight is 145 g/mol. The van der Waals surface area contributed by atoms with Crippen molar-refractivity contribution >= 4 is 25.8 Å². The smallest absolute Gasteiger partial charge is 0.295 e. The topological polar surface area (TPSA) is 20.2 Å². The summed E-state index contributed by atoms with van der Waals surface area (Å²) in [5.74, 6) is 1.35. The normalized spacial score (nSPS) is 36.3. The Morgan fingerprint density at radius 3 is 1.55 bits per heavy atom. The fourth-order valence-corrected chi connectivity index (χ4v) is 2.64. The molecule has 2 bridgehead atoms. The Kier molecular flexibility index (Phi) is 3.56. The summed E-state index contributed by atoms with van der Waals surface area (Å²) < 4.78 is 0. The van der Waals surface area contributed by atoms with E-state index in [9.17, 15) is 5.02 Å². The fraction of sp³-hybridized carbons (Fsp3) is 1.00. The third kappa shape index (κ3) is 1.86. The zero-order chi connectivity index (χ0) is 6.97. The van der Waals surface area contributed by atoms with Crippen LogP contribution in [-0.2, 0) is 0 Å². The zero-order valence-corrected chi connectivity index (χ0v) is 7.42. The molecule has 1 radical (unpaired) electrons. The average Bonchev–Trinajstić information content (AvgIpc) is 1.86.